The smallest absolute Gasteiger partial charge is 0.250 e. The molecule has 2 aromatic heterocycles. The van der Waals surface area contributed by atoms with Gasteiger partial charge in [0.15, 0.2) is 11.6 Å². The number of hydrogen-bond acceptors (Lipinski definition) is 12. The summed E-state index contributed by atoms with van der Waals surface area (Å²) >= 11 is 0. The van der Waals surface area contributed by atoms with Crippen LogP contribution in [-0.2, 0) is 32.8 Å². The summed E-state index contributed by atoms with van der Waals surface area (Å²) in [6.45, 7) is 14.6. The second-order valence-electron chi connectivity index (χ2n) is 17.5. The lowest BCUT2D eigenvalue weighted by Gasteiger charge is -2.37. The van der Waals surface area contributed by atoms with Crippen molar-refractivity contribution < 1.29 is 19.1 Å². The molecule has 2 aliphatic rings. The molecule has 4 heterocycles. The Morgan fingerprint density at radius 1 is 0.928 bits per heavy atom. The van der Waals surface area contributed by atoms with Crippen molar-refractivity contribution in [2.45, 2.75) is 102 Å². The van der Waals surface area contributed by atoms with Crippen molar-refractivity contribution in [2.75, 3.05) is 64.2 Å². The number of ether oxygens (including phenoxy) is 2. The summed E-state index contributed by atoms with van der Waals surface area (Å²) in [6.07, 6.45) is 17.7. The first-order valence-corrected chi connectivity index (χ1v) is 24.7. The lowest BCUT2D eigenvalue weighted by atomic mass is 9.87. The second-order valence-corrected chi connectivity index (χ2v) is 17.5. The number of anilines is 2. The molecule has 7 N–H and O–H groups in total. The Hall–Kier alpha value is -6.19. The Kier molecular flexibility index (Phi) is 23.1. The highest BCUT2D eigenvalue weighted by Gasteiger charge is 2.37. The standard InChI is InChI=1S/C51H62N8O4.2C2H7N/c1-3-43(18-14-30-60)59-36-46-45(38(59)2)20-13-21-47(46)54-48(61)37-62-31-9-7-5-4-6-8-10-32-63-44-19-12-16-40(35-44)33-39-15-11-17-42(34-39)56-51(24-28-53-29-25-51)50-55-49(57-58-50)41-22-26-52-27-23-41;1-3-2;1-2-3/h3,11-13,15-17,19-23,26-27,30,34-35,43,53,56H,1-2,4-10,14,18,24-25,28-29,31-33,36-37H2,(H,54,61)(H,55,57,58);3H,1-2H3;2-3H2,1H3. The third kappa shape index (κ3) is 16.8. The van der Waals surface area contributed by atoms with E-state index in [9.17, 15) is 9.59 Å². The summed E-state index contributed by atoms with van der Waals surface area (Å²) in [6, 6.07) is 26.9. The maximum absolute atomic E-state index is 12.7. The number of aromatic amines is 1. The second kappa shape index (κ2) is 29.6. The molecule has 14 nitrogen and oxygen atoms in total. The normalized spacial score (nSPS) is 14.0. The van der Waals surface area contributed by atoms with E-state index >= 15 is 0 Å². The summed E-state index contributed by atoms with van der Waals surface area (Å²) in [5.41, 5.74) is 12.6. The van der Waals surface area contributed by atoms with Gasteiger partial charge in [-0.3, -0.25) is 14.9 Å². The average Bonchev–Trinajstić information content (AvgIpc) is 4.00. The van der Waals surface area contributed by atoms with Crippen LogP contribution in [0.15, 0.2) is 110 Å². The molecule has 370 valence electrons. The number of piperidine rings is 1. The predicted octanol–water partition coefficient (Wildman–Crippen LogP) is 9.03. The molecule has 5 aromatic rings. The van der Waals surface area contributed by atoms with Gasteiger partial charge in [0.05, 0.1) is 12.1 Å². The summed E-state index contributed by atoms with van der Waals surface area (Å²) in [4.78, 5) is 34.9. The molecule has 0 aliphatic carbocycles. The van der Waals surface area contributed by atoms with Crippen LogP contribution in [0.5, 0.6) is 5.75 Å². The number of carbonyl (C=O) groups is 2. The molecule has 1 atom stereocenters. The van der Waals surface area contributed by atoms with Crippen LogP contribution >= 0.6 is 0 Å². The van der Waals surface area contributed by atoms with Gasteiger partial charge in [-0.1, -0.05) is 88.1 Å². The highest BCUT2D eigenvalue weighted by Crippen LogP contribution is 2.38. The van der Waals surface area contributed by atoms with E-state index in [-0.39, 0.29) is 24.1 Å². The number of unbranched alkanes of at least 4 members (excludes halogenated alkanes) is 6. The van der Waals surface area contributed by atoms with Crippen LogP contribution in [0.4, 0.5) is 11.4 Å². The molecule has 1 unspecified atom stereocenters. The maximum atomic E-state index is 12.7. The zero-order valence-electron chi connectivity index (χ0n) is 41.2. The summed E-state index contributed by atoms with van der Waals surface area (Å²) in [5.74, 6) is 2.28. The summed E-state index contributed by atoms with van der Waals surface area (Å²) < 4.78 is 11.9. The molecular formula is C55H76N10O4. The Balaban J connectivity index is 0.00000141. The van der Waals surface area contributed by atoms with Crippen LogP contribution in [-0.4, -0.2) is 96.9 Å². The topological polar surface area (TPSA) is 184 Å². The number of nitrogens with two attached hydrogens (primary N) is 1. The zero-order valence-corrected chi connectivity index (χ0v) is 41.2. The molecule has 1 fully saturated rings. The van der Waals surface area contributed by atoms with Crippen LogP contribution < -0.4 is 31.7 Å². The molecule has 7 rings (SSSR count). The summed E-state index contributed by atoms with van der Waals surface area (Å²) in [5, 5.41) is 20.9. The fraction of sp³-hybridized carbons (Fsp3) is 0.436. The number of aromatic nitrogens is 4. The lowest BCUT2D eigenvalue weighted by molar-refractivity contribution is -0.120. The number of amides is 1. The van der Waals surface area contributed by atoms with Crippen molar-refractivity contribution in [1.82, 2.24) is 35.7 Å². The van der Waals surface area contributed by atoms with E-state index in [1.807, 2.05) is 63.5 Å². The molecule has 0 spiro atoms. The molecule has 0 saturated carbocycles. The quantitative estimate of drug-likeness (QED) is 0.0186. The number of hydrogen-bond donors (Lipinski definition) is 6. The van der Waals surface area contributed by atoms with E-state index in [1.165, 1.54) is 24.0 Å². The van der Waals surface area contributed by atoms with Crippen LogP contribution in [0.3, 0.4) is 0 Å². The lowest BCUT2D eigenvalue weighted by Crippen LogP contribution is -2.46. The molecular weight excluding hydrogens is 865 g/mol. The number of fused-ring (bicyclic) bond motifs is 1. The maximum Gasteiger partial charge on any atom is 0.250 e. The number of nitrogens with one attached hydrogen (secondary N) is 5. The van der Waals surface area contributed by atoms with Gasteiger partial charge in [-0.15, -0.1) is 6.58 Å². The largest absolute Gasteiger partial charge is 0.494 e. The van der Waals surface area contributed by atoms with Crippen LogP contribution in [0.1, 0.15) is 106 Å². The zero-order chi connectivity index (χ0) is 49.1. The number of benzene rings is 3. The van der Waals surface area contributed by atoms with E-state index in [0.717, 1.165) is 123 Å². The van der Waals surface area contributed by atoms with Gasteiger partial charge in [0, 0.05) is 71.8 Å². The number of aldehydes is 1. The summed E-state index contributed by atoms with van der Waals surface area (Å²) in [7, 11) is 3.75. The molecule has 14 heteroatoms. The number of rotatable bonds is 25. The van der Waals surface area contributed by atoms with E-state index in [1.54, 1.807) is 12.4 Å². The Morgan fingerprint density at radius 2 is 1.59 bits per heavy atom. The first-order chi connectivity index (χ1) is 33.8. The molecule has 69 heavy (non-hydrogen) atoms. The van der Waals surface area contributed by atoms with E-state index in [4.69, 9.17) is 20.2 Å². The number of pyridine rings is 1. The Bertz CT molecular complexity index is 2310. The van der Waals surface area contributed by atoms with Gasteiger partial charge < -0.3 is 46.2 Å². The molecule has 1 saturated heterocycles. The fourth-order valence-electron chi connectivity index (χ4n) is 8.65. The van der Waals surface area contributed by atoms with E-state index in [2.05, 4.69) is 97.0 Å². The average molecular weight is 941 g/mol. The van der Waals surface area contributed by atoms with Crippen molar-refractivity contribution >= 4 is 29.3 Å². The third-order valence-corrected chi connectivity index (χ3v) is 12.1. The van der Waals surface area contributed by atoms with Gasteiger partial charge in [0.2, 0.25) is 5.91 Å². The fourth-order valence-corrected chi connectivity index (χ4v) is 8.65. The van der Waals surface area contributed by atoms with Crippen molar-refractivity contribution in [2.24, 2.45) is 5.73 Å². The van der Waals surface area contributed by atoms with Crippen molar-refractivity contribution in [3.63, 3.8) is 0 Å². The minimum atomic E-state index is -0.352. The Morgan fingerprint density at radius 3 is 2.30 bits per heavy atom. The van der Waals surface area contributed by atoms with Gasteiger partial charge >= 0.3 is 0 Å². The minimum absolute atomic E-state index is 0.0105. The molecule has 2 aliphatic heterocycles. The number of carbonyl (C=O) groups excluding carboxylic acids is 2. The van der Waals surface area contributed by atoms with Gasteiger partial charge in [-0.2, -0.15) is 5.10 Å². The van der Waals surface area contributed by atoms with Crippen molar-refractivity contribution in [3.05, 3.63) is 139 Å². The highest BCUT2D eigenvalue weighted by molar-refractivity contribution is 5.93. The van der Waals surface area contributed by atoms with Crippen molar-refractivity contribution in [1.29, 1.82) is 0 Å². The van der Waals surface area contributed by atoms with Crippen LogP contribution in [0, 0.1) is 0 Å². The van der Waals surface area contributed by atoms with E-state index < -0.39 is 0 Å². The first kappa shape index (κ1) is 53.8. The van der Waals surface area contributed by atoms with Gasteiger partial charge in [0.1, 0.15) is 18.6 Å². The number of H-pyrrole nitrogens is 1. The molecule has 3 aromatic carbocycles. The third-order valence-electron chi connectivity index (χ3n) is 12.1. The molecule has 0 radical (unpaired) electrons. The van der Waals surface area contributed by atoms with Gasteiger partial charge in [0.25, 0.3) is 0 Å². The molecule has 1 amide bonds. The SMILES string of the molecule is C=CC(CCC=O)N1Cc2c(NC(=O)COCCCCCCCCCOc3cccc(Cc4cccc(NC5(c6nc(-c7ccncc7)n[nH]6)CCNCC5)c4)c3)cccc2C1=C.CCN.CNC. The van der Waals surface area contributed by atoms with E-state index in [0.29, 0.717) is 38.4 Å². The van der Waals surface area contributed by atoms with Crippen LogP contribution in [0.25, 0.3) is 17.1 Å². The monoisotopic (exact) mass is 941 g/mol. The molecule has 0 bridgehead atoms. The van der Waals surface area contributed by atoms with Gasteiger partial charge in [-0.25, -0.2) is 4.98 Å². The minimum Gasteiger partial charge on any atom is -0.494 e. The Labute approximate surface area is 410 Å². The predicted molar refractivity (Wildman–Crippen MR) is 280 cm³/mol. The highest BCUT2D eigenvalue weighted by atomic mass is 16.5. The van der Waals surface area contributed by atoms with Crippen molar-refractivity contribution in [3.8, 4) is 17.1 Å². The van der Waals surface area contributed by atoms with Gasteiger partial charge in [-0.05, 0) is 126 Å². The first-order valence-electron chi connectivity index (χ1n) is 24.7. The number of nitrogens with zero attached hydrogens (tertiary/aromatic N) is 4. The van der Waals surface area contributed by atoms with Crippen LogP contribution in [0.2, 0.25) is 0 Å².